The van der Waals surface area contributed by atoms with Crippen LogP contribution in [0.2, 0.25) is 0 Å². The van der Waals surface area contributed by atoms with Gasteiger partial charge in [0.2, 0.25) is 0 Å². The van der Waals surface area contributed by atoms with Gasteiger partial charge in [0.15, 0.2) is 25.5 Å². The lowest BCUT2D eigenvalue weighted by molar-refractivity contribution is 0.660. The average molecular weight is 716 g/mol. The van der Waals surface area contributed by atoms with Crippen LogP contribution in [0.1, 0.15) is 37.8 Å². The lowest BCUT2D eigenvalue weighted by Gasteiger charge is -2.42. The van der Waals surface area contributed by atoms with E-state index in [2.05, 4.69) is 141 Å². The summed E-state index contributed by atoms with van der Waals surface area (Å²) in [5, 5.41) is 5.93. The summed E-state index contributed by atoms with van der Waals surface area (Å²) in [6.07, 6.45) is 9.55. The summed E-state index contributed by atoms with van der Waals surface area (Å²) >= 11 is 1.96. The molecule has 1 atom stereocenters. The Morgan fingerprint density at radius 2 is 1.19 bits per heavy atom. The van der Waals surface area contributed by atoms with Crippen LogP contribution in [0.15, 0.2) is 179 Å². The van der Waals surface area contributed by atoms with Crippen molar-refractivity contribution in [3.05, 3.63) is 180 Å². The third-order valence-electron chi connectivity index (χ3n) is 11.3. The second-order valence-electron chi connectivity index (χ2n) is 14.6. The van der Waals surface area contributed by atoms with Crippen LogP contribution >= 0.6 is 11.8 Å². The lowest BCUT2D eigenvalue weighted by atomic mass is 9.82. The van der Waals surface area contributed by atoms with Gasteiger partial charge in [-0.2, -0.15) is 0 Å². The van der Waals surface area contributed by atoms with Gasteiger partial charge in [0.25, 0.3) is 0 Å². The van der Waals surface area contributed by atoms with E-state index in [1.54, 1.807) is 0 Å². The molecule has 254 valence electrons. The van der Waals surface area contributed by atoms with Crippen molar-refractivity contribution in [2.45, 2.75) is 41.9 Å². The number of nitrogens with zero attached hydrogens (tertiary/aromatic N) is 3. The normalized spacial score (nSPS) is 17.7. The molecule has 53 heavy (non-hydrogen) atoms. The SMILES string of the molecule is CC1(C)c2cc(-c3nc(-c4ccccc4)nc(-c4ccccc4)n3)ccc2-c2c1ccc1c2Sc2ccccc2[Si]1(C1=CCCC=C1)c1ccccc1. The lowest BCUT2D eigenvalue weighted by Crippen LogP contribution is -2.70. The molecule has 3 nitrogen and oxygen atoms in total. The number of hydrogen-bond donors (Lipinski definition) is 0. The molecule has 2 aliphatic carbocycles. The second-order valence-corrected chi connectivity index (χ2v) is 19.4. The number of hydrogen-bond acceptors (Lipinski definition) is 4. The molecule has 6 aromatic carbocycles. The topological polar surface area (TPSA) is 38.7 Å². The molecule has 0 fully saturated rings. The number of rotatable bonds is 5. The first-order valence-corrected chi connectivity index (χ1v) is 21.3. The van der Waals surface area contributed by atoms with Crippen LogP contribution in [-0.2, 0) is 5.41 Å². The highest BCUT2D eigenvalue weighted by atomic mass is 32.2. The van der Waals surface area contributed by atoms with E-state index in [0.717, 1.165) is 29.5 Å². The fourth-order valence-corrected chi connectivity index (χ4v) is 16.0. The molecule has 0 N–H and O–H groups in total. The molecule has 5 heteroatoms. The van der Waals surface area contributed by atoms with E-state index in [0.29, 0.717) is 17.5 Å². The van der Waals surface area contributed by atoms with Gasteiger partial charge >= 0.3 is 0 Å². The third-order valence-corrected chi connectivity index (χ3v) is 17.8. The minimum atomic E-state index is -2.62. The Hall–Kier alpha value is -5.62. The summed E-state index contributed by atoms with van der Waals surface area (Å²) in [6, 6.07) is 52.8. The highest BCUT2D eigenvalue weighted by Gasteiger charge is 2.50. The van der Waals surface area contributed by atoms with E-state index in [1.807, 2.05) is 48.2 Å². The fraction of sp³-hybridized carbons (Fsp3) is 0.104. The minimum Gasteiger partial charge on any atom is -0.208 e. The minimum absolute atomic E-state index is 0.217. The van der Waals surface area contributed by atoms with Gasteiger partial charge in [-0.15, -0.1) is 0 Å². The monoisotopic (exact) mass is 715 g/mol. The van der Waals surface area contributed by atoms with Crippen LogP contribution < -0.4 is 15.6 Å². The summed E-state index contributed by atoms with van der Waals surface area (Å²) < 4.78 is 0. The molecule has 1 aromatic heterocycles. The Morgan fingerprint density at radius 3 is 1.85 bits per heavy atom. The van der Waals surface area contributed by atoms with Gasteiger partial charge in [0.1, 0.15) is 0 Å². The van der Waals surface area contributed by atoms with Crippen molar-refractivity contribution in [2.24, 2.45) is 0 Å². The highest BCUT2D eigenvalue weighted by molar-refractivity contribution is 8.00. The van der Waals surface area contributed by atoms with Gasteiger partial charge in [0.05, 0.1) is 0 Å². The molecular weight excluding hydrogens is 679 g/mol. The Balaban J connectivity index is 1.19. The standard InChI is InChI=1S/C48H37N3SSi/c1-48(2)38-29-30-42-44(52-40-25-15-16-26-41(40)53(42,35-21-11-5-12-22-35)36-23-13-6-14-24-36)43(38)37-28-27-34(31-39(37)48)47-50-45(32-17-7-3-8-18-32)49-46(51-47)33-19-9-4-10-20-33/h3-5,7-13,15-31H,6,14H2,1-2H3. The van der Waals surface area contributed by atoms with E-state index in [1.165, 1.54) is 52.8 Å². The van der Waals surface area contributed by atoms with Crippen molar-refractivity contribution >= 4 is 35.4 Å². The van der Waals surface area contributed by atoms with Gasteiger partial charge in [-0.3, -0.25) is 0 Å². The zero-order valence-corrected chi connectivity index (χ0v) is 31.6. The molecule has 1 unspecified atom stereocenters. The zero-order chi connectivity index (χ0) is 35.6. The predicted molar refractivity (Wildman–Crippen MR) is 222 cm³/mol. The number of allylic oxidation sites excluding steroid dienone is 4. The van der Waals surface area contributed by atoms with Crippen LogP contribution in [0.25, 0.3) is 45.3 Å². The average Bonchev–Trinajstić information content (AvgIpc) is 3.46. The molecule has 0 saturated carbocycles. The molecule has 2 heterocycles. The van der Waals surface area contributed by atoms with Crippen LogP contribution in [0.5, 0.6) is 0 Å². The smallest absolute Gasteiger partial charge is 0.181 e. The summed E-state index contributed by atoms with van der Waals surface area (Å²) in [6.45, 7) is 4.75. The van der Waals surface area contributed by atoms with Gasteiger partial charge < -0.3 is 0 Å². The van der Waals surface area contributed by atoms with Crippen molar-refractivity contribution < 1.29 is 0 Å². The maximum atomic E-state index is 5.09. The van der Waals surface area contributed by atoms with E-state index in [4.69, 9.17) is 15.0 Å². The van der Waals surface area contributed by atoms with E-state index in [9.17, 15) is 0 Å². The molecule has 0 radical (unpaired) electrons. The molecule has 0 bridgehead atoms. The van der Waals surface area contributed by atoms with Crippen LogP contribution in [0.3, 0.4) is 0 Å². The predicted octanol–water partition coefficient (Wildman–Crippen LogP) is 9.93. The first-order valence-electron chi connectivity index (χ1n) is 18.4. The summed E-state index contributed by atoms with van der Waals surface area (Å²) in [4.78, 5) is 17.9. The van der Waals surface area contributed by atoms with Crippen LogP contribution in [-0.4, -0.2) is 23.0 Å². The third kappa shape index (κ3) is 4.98. The first-order chi connectivity index (χ1) is 26.0. The molecule has 0 saturated heterocycles. The molecule has 0 spiro atoms. The van der Waals surface area contributed by atoms with E-state index < -0.39 is 8.07 Å². The molecular formula is C48H37N3SSi. The van der Waals surface area contributed by atoms with Crippen molar-refractivity contribution in [1.82, 2.24) is 15.0 Å². The van der Waals surface area contributed by atoms with E-state index >= 15 is 0 Å². The van der Waals surface area contributed by atoms with Crippen LogP contribution in [0.4, 0.5) is 0 Å². The maximum Gasteiger partial charge on any atom is 0.181 e. The first kappa shape index (κ1) is 32.1. The molecule has 0 amide bonds. The maximum absolute atomic E-state index is 5.09. The second kappa shape index (κ2) is 12.5. The van der Waals surface area contributed by atoms with E-state index in [-0.39, 0.29) is 5.41 Å². The van der Waals surface area contributed by atoms with Crippen molar-refractivity contribution in [2.75, 3.05) is 0 Å². The fourth-order valence-electron chi connectivity index (χ4n) is 8.76. The molecule has 1 aliphatic heterocycles. The Morgan fingerprint density at radius 1 is 0.566 bits per heavy atom. The zero-order valence-electron chi connectivity index (χ0n) is 29.8. The summed E-state index contributed by atoms with van der Waals surface area (Å²) in [5.41, 5.74) is 8.11. The molecule has 3 aliphatic rings. The van der Waals surface area contributed by atoms with Crippen molar-refractivity contribution in [1.29, 1.82) is 0 Å². The Labute approximate surface area is 316 Å². The number of fused-ring (bicyclic) bond motifs is 6. The largest absolute Gasteiger partial charge is 0.208 e. The Bertz CT molecular complexity index is 2560. The number of benzene rings is 6. The quantitative estimate of drug-likeness (QED) is 0.166. The number of aromatic nitrogens is 3. The van der Waals surface area contributed by atoms with Gasteiger partial charge in [-0.05, 0) is 68.0 Å². The molecule has 10 rings (SSSR count). The summed E-state index contributed by atoms with van der Waals surface area (Å²) in [7, 11) is -2.62. The van der Waals surface area contributed by atoms with Gasteiger partial charge in [0, 0.05) is 31.9 Å². The molecule has 7 aromatic rings. The highest BCUT2D eigenvalue weighted by Crippen LogP contribution is 2.54. The van der Waals surface area contributed by atoms with Crippen molar-refractivity contribution in [3.63, 3.8) is 0 Å². The Kier molecular flexibility index (Phi) is 7.57. The summed E-state index contributed by atoms with van der Waals surface area (Å²) in [5.74, 6) is 2.04. The van der Waals surface area contributed by atoms with Gasteiger partial charge in [-0.25, -0.2) is 15.0 Å². The van der Waals surface area contributed by atoms with Crippen LogP contribution in [0, 0.1) is 0 Å². The van der Waals surface area contributed by atoms with Gasteiger partial charge in [-0.1, -0.05) is 177 Å². The van der Waals surface area contributed by atoms with Crippen molar-refractivity contribution in [3.8, 4) is 45.3 Å².